The number of ether oxygens (including phenoxy) is 1. The Balaban J connectivity index is 2.62. The van der Waals surface area contributed by atoms with Crippen LogP contribution in [-0.4, -0.2) is 19.0 Å². The smallest absolute Gasteiger partial charge is 0.416 e. The van der Waals surface area contributed by atoms with Crippen molar-refractivity contribution in [3.8, 4) is 0 Å². The SMILES string of the molecule is COC(=O)C1=C(C)NC(=O)C[C@@H]1c1ccccc1C(F)(F)F. The van der Waals surface area contributed by atoms with Crippen molar-refractivity contribution in [3.05, 3.63) is 46.7 Å². The summed E-state index contributed by atoms with van der Waals surface area (Å²) < 4.78 is 44.2. The van der Waals surface area contributed by atoms with Gasteiger partial charge in [-0.3, -0.25) is 4.79 Å². The zero-order chi connectivity index (χ0) is 16.5. The molecule has 118 valence electrons. The normalized spacial score (nSPS) is 19.0. The summed E-state index contributed by atoms with van der Waals surface area (Å²) in [6.07, 6.45) is -4.81. The lowest BCUT2D eigenvalue weighted by Gasteiger charge is -2.28. The van der Waals surface area contributed by atoms with Crippen molar-refractivity contribution < 1.29 is 27.5 Å². The van der Waals surface area contributed by atoms with Crippen molar-refractivity contribution in [2.24, 2.45) is 0 Å². The molecule has 1 heterocycles. The summed E-state index contributed by atoms with van der Waals surface area (Å²) in [6.45, 7) is 1.46. The molecule has 0 spiro atoms. The van der Waals surface area contributed by atoms with E-state index in [4.69, 9.17) is 0 Å². The molecule has 1 aromatic carbocycles. The van der Waals surface area contributed by atoms with Gasteiger partial charge in [-0.2, -0.15) is 13.2 Å². The van der Waals surface area contributed by atoms with Crippen LogP contribution < -0.4 is 5.32 Å². The van der Waals surface area contributed by atoms with Crippen molar-refractivity contribution in [2.75, 3.05) is 7.11 Å². The lowest BCUT2D eigenvalue weighted by Crippen LogP contribution is -2.34. The lowest BCUT2D eigenvalue weighted by atomic mass is 9.82. The summed E-state index contributed by atoms with van der Waals surface area (Å²) in [5, 5.41) is 2.46. The first kappa shape index (κ1) is 16.1. The van der Waals surface area contributed by atoms with Crippen molar-refractivity contribution in [2.45, 2.75) is 25.4 Å². The summed E-state index contributed by atoms with van der Waals surface area (Å²) in [4.78, 5) is 23.6. The first-order valence-electron chi connectivity index (χ1n) is 6.50. The van der Waals surface area contributed by atoms with Crippen LogP contribution in [-0.2, 0) is 20.5 Å². The molecule has 1 aliphatic rings. The van der Waals surface area contributed by atoms with Crippen LogP contribution in [0.2, 0.25) is 0 Å². The van der Waals surface area contributed by atoms with E-state index >= 15 is 0 Å². The molecule has 2 rings (SSSR count). The molecule has 1 N–H and O–H groups in total. The molecule has 1 amide bonds. The molecule has 0 radical (unpaired) electrons. The largest absolute Gasteiger partial charge is 0.466 e. The van der Waals surface area contributed by atoms with E-state index in [1.807, 2.05) is 0 Å². The maximum Gasteiger partial charge on any atom is 0.416 e. The van der Waals surface area contributed by atoms with Gasteiger partial charge in [0, 0.05) is 18.0 Å². The second-order valence-electron chi connectivity index (χ2n) is 4.92. The highest BCUT2D eigenvalue weighted by atomic mass is 19.4. The van der Waals surface area contributed by atoms with Crippen LogP contribution in [0.5, 0.6) is 0 Å². The molecule has 7 heteroatoms. The van der Waals surface area contributed by atoms with Crippen molar-refractivity contribution >= 4 is 11.9 Å². The number of nitrogens with one attached hydrogen (secondary N) is 1. The molecule has 0 saturated heterocycles. The first-order chi connectivity index (χ1) is 10.3. The number of halogens is 3. The fourth-order valence-electron chi connectivity index (χ4n) is 2.61. The third-order valence-electron chi connectivity index (χ3n) is 3.52. The number of benzene rings is 1. The molecule has 0 saturated carbocycles. The van der Waals surface area contributed by atoms with Gasteiger partial charge in [-0.1, -0.05) is 18.2 Å². The van der Waals surface area contributed by atoms with E-state index in [1.54, 1.807) is 0 Å². The Morgan fingerprint density at radius 3 is 2.55 bits per heavy atom. The van der Waals surface area contributed by atoms with E-state index in [0.29, 0.717) is 0 Å². The Hall–Kier alpha value is -2.31. The fraction of sp³-hybridized carbons (Fsp3) is 0.333. The van der Waals surface area contributed by atoms with Crippen LogP contribution in [0.4, 0.5) is 13.2 Å². The minimum Gasteiger partial charge on any atom is -0.466 e. The molecule has 0 bridgehead atoms. The van der Waals surface area contributed by atoms with Gasteiger partial charge in [0.2, 0.25) is 5.91 Å². The average molecular weight is 313 g/mol. The number of rotatable bonds is 2. The highest BCUT2D eigenvalue weighted by molar-refractivity contribution is 5.95. The van der Waals surface area contributed by atoms with Gasteiger partial charge in [-0.05, 0) is 18.6 Å². The fourth-order valence-corrected chi connectivity index (χ4v) is 2.61. The second kappa shape index (κ2) is 5.82. The van der Waals surface area contributed by atoms with Gasteiger partial charge in [-0.15, -0.1) is 0 Å². The molecule has 0 unspecified atom stereocenters. The third-order valence-corrected chi connectivity index (χ3v) is 3.52. The summed E-state index contributed by atoms with van der Waals surface area (Å²) in [7, 11) is 1.14. The molecule has 22 heavy (non-hydrogen) atoms. The van der Waals surface area contributed by atoms with Gasteiger partial charge in [0.1, 0.15) is 0 Å². The Bertz CT molecular complexity index is 650. The summed E-state index contributed by atoms with van der Waals surface area (Å²) in [6, 6.07) is 4.93. The predicted molar refractivity (Wildman–Crippen MR) is 71.7 cm³/mol. The number of allylic oxidation sites excluding steroid dienone is 1. The highest BCUT2D eigenvalue weighted by Gasteiger charge is 2.39. The number of methoxy groups -OCH3 is 1. The average Bonchev–Trinajstić information content (AvgIpc) is 2.45. The van der Waals surface area contributed by atoms with Crippen LogP contribution in [0.1, 0.15) is 30.4 Å². The Morgan fingerprint density at radius 1 is 1.32 bits per heavy atom. The van der Waals surface area contributed by atoms with Gasteiger partial charge >= 0.3 is 12.1 Å². The summed E-state index contributed by atoms with van der Waals surface area (Å²) >= 11 is 0. The van der Waals surface area contributed by atoms with Gasteiger partial charge in [0.05, 0.1) is 18.2 Å². The minimum atomic E-state index is -4.57. The molecule has 4 nitrogen and oxygen atoms in total. The van der Waals surface area contributed by atoms with Crippen molar-refractivity contribution in [1.82, 2.24) is 5.32 Å². The van der Waals surface area contributed by atoms with E-state index in [9.17, 15) is 22.8 Å². The van der Waals surface area contributed by atoms with Crippen LogP contribution in [0.25, 0.3) is 0 Å². The maximum absolute atomic E-state index is 13.2. The van der Waals surface area contributed by atoms with E-state index in [2.05, 4.69) is 10.1 Å². The van der Waals surface area contributed by atoms with Crippen LogP contribution >= 0.6 is 0 Å². The monoisotopic (exact) mass is 313 g/mol. The number of carbonyl (C=O) groups is 2. The highest BCUT2D eigenvalue weighted by Crippen LogP contribution is 2.40. The molecule has 0 fully saturated rings. The number of hydrogen-bond acceptors (Lipinski definition) is 3. The van der Waals surface area contributed by atoms with Crippen molar-refractivity contribution in [3.63, 3.8) is 0 Å². The van der Waals surface area contributed by atoms with Crippen LogP contribution in [0, 0.1) is 0 Å². The van der Waals surface area contributed by atoms with Crippen LogP contribution in [0.3, 0.4) is 0 Å². The van der Waals surface area contributed by atoms with E-state index in [1.165, 1.54) is 25.1 Å². The standard InChI is InChI=1S/C15H14F3NO3/c1-8-13(14(21)22-2)10(7-12(20)19-8)9-5-3-4-6-11(9)15(16,17)18/h3-6,10H,7H2,1-2H3,(H,19,20)/t10-/m1/s1. The van der Waals surface area contributed by atoms with Gasteiger partial charge in [0.15, 0.2) is 0 Å². The zero-order valence-corrected chi connectivity index (χ0v) is 12.0. The van der Waals surface area contributed by atoms with Crippen LogP contribution in [0.15, 0.2) is 35.5 Å². The second-order valence-corrected chi connectivity index (χ2v) is 4.92. The molecule has 0 aliphatic carbocycles. The van der Waals surface area contributed by atoms with E-state index in [-0.39, 0.29) is 23.3 Å². The summed E-state index contributed by atoms with van der Waals surface area (Å²) in [5.74, 6) is -2.18. The third kappa shape index (κ3) is 2.98. The topological polar surface area (TPSA) is 55.4 Å². The predicted octanol–water partition coefficient (Wildman–Crippen LogP) is 2.76. The molecule has 0 aromatic heterocycles. The lowest BCUT2D eigenvalue weighted by molar-refractivity contribution is -0.140. The number of esters is 1. The molecule has 1 aromatic rings. The van der Waals surface area contributed by atoms with Gasteiger partial charge < -0.3 is 10.1 Å². The maximum atomic E-state index is 13.2. The van der Waals surface area contributed by atoms with E-state index in [0.717, 1.165) is 13.2 Å². The van der Waals surface area contributed by atoms with E-state index < -0.39 is 29.5 Å². The molecular formula is C15H14F3NO3. The first-order valence-corrected chi connectivity index (χ1v) is 6.50. The molecule has 1 atom stereocenters. The molecule has 1 aliphatic heterocycles. The quantitative estimate of drug-likeness (QED) is 0.854. The number of carbonyl (C=O) groups excluding carboxylic acids is 2. The number of hydrogen-bond donors (Lipinski definition) is 1. The van der Waals surface area contributed by atoms with Gasteiger partial charge in [0.25, 0.3) is 0 Å². The Labute approximate surface area is 125 Å². The van der Waals surface area contributed by atoms with Gasteiger partial charge in [-0.25, -0.2) is 4.79 Å². The Kier molecular flexibility index (Phi) is 4.25. The van der Waals surface area contributed by atoms with Crippen molar-refractivity contribution in [1.29, 1.82) is 0 Å². The number of alkyl halides is 3. The Morgan fingerprint density at radius 2 is 1.95 bits per heavy atom. The summed E-state index contributed by atoms with van der Waals surface area (Å²) in [5.41, 5.74) is -0.711. The molecular weight excluding hydrogens is 299 g/mol. The zero-order valence-electron chi connectivity index (χ0n) is 12.0. The number of amides is 1. The minimum absolute atomic E-state index is 0.0406.